The summed E-state index contributed by atoms with van der Waals surface area (Å²) in [5, 5.41) is 14.3. The monoisotopic (exact) mass is 254 g/mol. The van der Waals surface area contributed by atoms with Gasteiger partial charge in [0.05, 0.1) is 4.92 Å². The maximum atomic E-state index is 10.9. The lowest BCUT2D eigenvalue weighted by Gasteiger charge is -2.14. The van der Waals surface area contributed by atoms with E-state index in [0.29, 0.717) is 10.7 Å². The summed E-state index contributed by atoms with van der Waals surface area (Å²) in [7, 11) is 0. The summed E-state index contributed by atoms with van der Waals surface area (Å²) in [4.78, 5) is 10.4. The molecule has 1 atom stereocenters. The zero-order valence-corrected chi connectivity index (χ0v) is 10.4. The first-order chi connectivity index (χ1) is 8.04. The minimum Gasteiger partial charge on any atom is -0.377 e. The molecular formula is C12H15ClN2O2. The summed E-state index contributed by atoms with van der Waals surface area (Å²) >= 11 is 5.74. The van der Waals surface area contributed by atoms with Gasteiger partial charge in [0.2, 0.25) is 0 Å². The summed E-state index contributed by atoms with van der Waals surface area (Å²) in [6.45, 7) is 5.62. The summed E-state index contributed by atoms with van der Waals surface area (Å²) in [6, 6.07) is 4.76. The van der Waals surface area contributed by atoms with Gasteiger partial charge in [0.25, 0.3) is 5.69 Å². The van der Waals surface area contributed by atoms with Crippen LogP contribution in [0.3, 0.4) is 0 Å². The molecule has 1 aromatic rings. The molecule has 0 bridgehead atoms. The molecular weight excluding hydrogens is 240 g/mol. The zero-order valence-electron chi connectivity index (χ0n) is 9.65. The van der Waals surface area contributed by atoms with E-state index in [2.05, 4.69) is 11.9 Å². The van der Waals surface area contributed by atoms with Crippen LogP contribution in [0, 0.1) is 10.1 Å². The lowest BCUT2D eigenvalue weighted by Crippen LogP contribution is -2.15. The second kappa shape index (κ2) is 6.25. The fraction of sp³-hybridized carbons (Fsp3) is 0.333. The lowest BCUT2D eigenvalue weighted by molar-refractivity contribution is -0.384. The average molecular weight is 255 g/mol. The van der Waals surface area contributed by atoms with Gasteiger partial charge in [-0.25, -0.2) is 0 Å². The third-order valence-electron chi connectivity index (χ3n) is 2.36. The van der Waals surface area contributed by atoms with E-state index in [9.17, 15) is 10.1 Å². The zero-order chi connectivity index (χ0) is 12.8. The number of allylic oxidation sites excluding steroid dienone is 1. The highest BCUT2D eigenvalue weighted by Crippen LogP contribution is 2.28. The molecule has 0 heterocycles. The first-order valence-corrected chi connectivity index (χ1v) is 5.73. The molecule has 92 valence electrons. The van der Waals surface area contributed by atoms with Gasteiger partial charge in [-0.2, -0.15) is 0 Å². The lowest BCUT2D eigenvalue weighted by atomic mass is 10.1. The Labute approximate surface area is 105 Å². The third-order valence-corrected chi connectivity index (χ3v) is 2.60. The van der Waals surface area contributed by atoms with Crippen molar-refractivity contribution in [1.82, 2.24) is 0 Å². The molecule has 0 aliphatic carbocycles. The Morgan fingerprint density at radius 1 is 1.65 bits per heavy atom. The number of nitro benzene ring substituents is 1. The van der Waals surface area contributed by atoms with Crippen molar-refractivity contribution in [3.8, 4) is 0 Å². The number of hydrogen-bond acceptors (Lipinski definition) is 3. The van der Waals surface area contributed by atoms with Crippen molar-refractivity contribution in [1.29, 1.82) is 0 Å². The summed E-state index contributed by atoms with van der Waals surface area (Å²) < 4.78 is 0. The Morgan fingerprint density at radius 2 is 2.35 bits per heavy atom. The Morgan fingerprint density at radius 3 is 2.94 bits per heavy atom. The highest BCUT2D eigenvalue weighted by molar-refractivity contribution is 6.30. The second-order valence-electron chi connectivity index (χ2n) is 3.83. The number of benzene rings is 1. The van der Waals surface area contributed by atoms with E-state index in [1.54, 1.807) is 12.1 Å². The molecule has 0 amide bonds. The number of nitro groups is 1. The quantitative estimate of drug-likeness (QED) is 0.474. The molecule has 17 heavy (non-hydrogen) atoms. The van der Waals surface area contributed by atoms with Gasteiger partial charge in [0, 0.05) is 17.1 Å². The molecule has 1 rings (SSSR count). The van der Waals surface area contributed by atoms with Crippen molar-refractivity contribution in [3.63, 3.8) is 0 Å². The SMILES string of the molecule is C=CCCC(C)Nc1ccc(Cl)cc1[N+](=O)[O-]. The molecule has 1 N–H and O–H groups in total. The summed E-state index contributed by atoms with van der Waals surface area (Å²) in [6.07, 6.45) is 3.58. The van der Waals surface area contributed by atoms with Crippen molar-refractivity contribution >= 4 is 23.0 Å². The van der Waals surface area contributed by atoms with Crippen LogP contribution in [0.4, 0.5) is 11.4 Å². The molecule has 0 aliphatic heterocycles. The van der Waals surface area contributed by atoms with Crippen LogP contribution in [-0.4, -0.2) is 11.0 Å². The van der Waals surface area contributed by atoms with Crippen LogP contribution in [0.15, 0.2) is 30.9 Å². The smallest absolute Gasteiger partial charge is 0.293 e. The van der Waals surface area contributed by atoms with Crippen molar-refractivity contribution in [3.05, 3.63) is 46.0 Å². The van der Waals surface area contributed by atoms with Gasteiger partial charge in [-0.05, 0) is 31.9 Å². The Balaban J connectivity index is 2.82. The topological polar surface area (TPSA) is 55.2 Å². The van der Waals surface area contributed by atoms with Gasteiger partial charge in [-0.3, -0.25) is 10.1 Å². The predicted molar refractivity (Wildman–Crippen MR) is 70.6 cm³/mol. The van der Waals surface area contributed by atoms with E-state index in [1.807, 2.05) is 13.0 Å². The molecule has 0 aromatic heterocycles. The fourth-order valence-corrected chi connectivity index (χ4v) is 1.65. The summed E-state index contributed by atoms with van der Waals surface area (Å²) in [5.41, 5.74) is 0.499. The van der Waals surface area contributed by atoms with Crippen molar-refractivity contribution < 1.29 is 4.92 Å². The van der Waals surface area contributed by atoms with Crippen LogP contribution in [0.25, 0.3) is 0 Å². The number of halogens is 1. The van der Waals surface area contributed by atoms with Gasteiger partial charge in [-0.1, -0.05) is 17.7 Å². The third kappa shape index (κ3) is 4.07. The molecule has 0 saturated carbocycles. The molecule has 0 saturated heterocycles. The van der Waals surface area contributed by atoms with E-state index < -0.39 is 4.92 Å². The number of nitrogens with zero attached hydrogens (tertiary/aromatic N) is 1. The molecule has 0 radical (unpaired) electrons. The van der Waals surface area contributed by atoms with Gasteiger partial charge in [0.1, 0.15) is 5.69 Å². The molecule has 0 spiro atoms. The van der Waals surface area contributed by atoms with Crippen LogP contribution in [-0.2, 0) is 0 Å². The van der Waals surface area contributed by atoms with Gasteiger partial charge >= 0.3 is 0 Å². The maximum absolute atomic E-state index is 10.9. The Bertz CT molecular complexity index is 421. The fourth-order valence-electron chi connectivity index (χ4n) is 1.48. The van der Waals surface area contributed by atoms with Crippen LogP contribution in [0.1, 0.15) is 19.8 Å². The molecule has 0 aliphatic rings. The van der Waals surface area contributed by atoms with Gasteiger partial charge in [-0.15, -0.1) is 6.58 Å². The largest absolute Gasteiger partial charge is 0.377 e. The Kier molecular flexibility index (Phi) is 4.97. The Hall–Kier alpha value is -1.55. The first-order valence-electron chi connectivity index (χ1n) is 5.36. The molecule has 4 nitrogen and oxygen atoms in total. The second-order valence-corrected chi connectivity index (χ2v) is 4.27. The van der Waals surface area contributed by atoms with Crippen LogP contribution in [0.2, 0.25) is 5.02 Å². The maximum Gasteiger partial charge on any atom is 0.293 e. The van der Waals surface area contributed by atoms with Crippen LogP contribution >= 0.6 is 11.6 Å². The number of anilines is 1. The highest BCUT2D eigenvalue weighted by atomic mass is 35.5. The van der Waals surface area contributed by atoms with E-state index in [0.717, 1.165) is 12.8 Å². The van der Waals surface area contributed by atoms with E-state index >= 15 is 0 Å². The average Bonchev–Trinajstić information content (AvgIpc) is 2.28. The first kappa shape index (κ1) is 13.5. The predicted octanol–water partition coefficient (Wildman–Crippen LogP) is 4.01. The minimum absolute atomic E-state index is 0.00273. The van der Waals surface area contributed by atoms with Gasteiger partial charge < -0.3 is 5.32 Å². The number of rotatable bonds is 6. The summed E-state index contributed by atoms with van der Waals surface area (Å²) in [5.74, 6) is 0. The molecule has 1 aromatic carbocycles. The molecule has 0 fully saturated rings. The van der Waals surface area contributed by atoms with Crippen molar-refractivity contribution in [2.24, 2.45) is 0 Å². The van der Waals surface area contributed by atoms with E-state index in [1.165, 1.54) is 6.07 Å². The van der Waals surface area contributed by atoms with Gasteiger partial charge in [0.15, 0.2) is 0 Å². The van der Waals surface area contributed by atoms with Crippen LogP contribution < -0.4 is 5.32 Å². The number of nitrogens with one attached hydrogen (secondary N) is 1. The van der Waals surface area contributed by atoms with Crippen LogP contribution in [0.5, 0.6) is 0 Å². The molecule has 5 heteroatoms. The van der Waals surface area contributed by atoms with E-state index in [-0.39, 0.29) is 11.7 Å². The van der Waals surface area contributed by atoms with Crippen molar-refractivity contribution in [2.45, 2.75) is 25.8 Å². The molecule has 1 unspecified atom stereocenters. The standard InChI is InChI=1S/C12H15ClN2O2/c1-3-4-5-9(2)14-11-7-6-10(13)8-12(11)15(16)17/h3,6-9,14H,1,4-5H2,2H3. The minimum atomic E-state index is -0.436. The van der Waals surface area contributed by atoms with Crippen molar-refractivity contribution in [2.75, 3.05) is 5.32 Å². The van der Waals surface area contributed by atoms with E-state index in [4.69, 9.17) is 11.6 Å². The number of hydrogen-bond donors (Lipinski definition) is 1. The normalized spacial score (nSPS) is 11.9. The highest BCUT2D eigenvalue weighted by Gasteiger charge is 2.15.